The molecule has 4 heteroatoms. The van der Waals surface area contributed by atoms with Crippen LogP contribution in [0.2, 0.25) is 0 Å². The third kappa shape index (κ3) is 2.62. The standard InChI is InChI=1S/C21H18N2O2/c1-14-10-12-15(13-11-14)23-20(17-7-3-5-9-19(17)24)22-18-8-4-2-6-16(18)21(23)25/h2-13,20,22,24H,1H3/t20-/m1/s1. The quantitative estimate of drug-likeness (QED) is 0.729. The van der Waals surface area contributed by atoms with Gasteiger partial charge in [-0.1, -0.05) is 48.0 Å². The van der Waals surface area contributed by atoms with E-state index in [0.29, 0.717) is 11.1 Å². The molecule has 25 heavy (non-hydrogen) atoms. The van der Waals surface area contributed by atoms with Crippen LogP contribution in [-0.4, -0.2) is 11.0 Å². The van der Waals surface area contributed by atoms with Crippen LogP contribution in [0, 0.1) is 6.92 Å². The van der Waals surface area contributed by atoms with Crippen LogP contribution in [0.4, 0.5) is 11.4 Å². The van der Waals surface area contributed by atoms with Gasteiger partial charge in [-0.3, -0.25) is 9.69 Å². The molecule has 4 rings (SSSR count). The first kappa shape index (κ1) is 15.3. The zero-order chi connectivity index (χ0) is 17.4. The number of rotatable bonds is 2. The number of aryl methyl sites for hydroxylation is 1. The van der Waals surface area contributed by atoms with Gasteiger partial charge in [0.15, 0.2) is 0 Å². The number of hydrogen-bond acceptors (Lipinski definition) is 3. The van der Waals surface area contributed by atoms with Crippen molar-refractivity contribution in [3.8, 4) is 5.75 Å². The third-order valence-corrected chi connectivity index (χ3v) is 4.47. The summed E-state index contributed by atoms with van der Waals surface area (Å²) in [5.74, 6) is 0.0655. The number of anilines is 2. The maximum absolute atomic E-state index is 13.2. The normalized spacial score (nSPS) is 16.3. The molecule has 0 aromatic heterocycles. The van der Waals surface area contributed by atoms with E-state index in [0.717, 1.165) is 16.9 Å². The lowest BCUT2D eigenvalue weighted by atomic mass is 10.0. The van der Waals surface area contributed by atoms with Gasteiger partial charge in [0.25, 0.3) is 5.91 Å². The molecule has 1 aliphatic rings. The molecule has 124 valence electrons. The maximum atomic E-state index is 13.2. The molecule has 1 aliphatic heterocycles. The van der Waals surface area contributed by atoms with Gasteiger partial charge in [-0.2, -0.15) is 0 Å². The van der Waals surface area contributed by atoms with Gasteiger partial charge in [0.1, 0.15) is 11.9 Å². The number of amides is 1. The smallest absolute Gasteiger partial charge is 0.262 e. The first-order valence-electron chi connectivity index (χ1n) is 8.19. The first-order chi connectivity index (χ1) is 12.1. The van der Waals surface area contributed by atoms with Crippen molar-refractivity contribution in [2.45, 2.75) is 13.1 Å². The molecule has 3 aromatic carbocycles. The van der Waals surface area contributed by atoms with E-state index < -0.39 is 6.17 Å². The topological polar surface area (TPSA) is 52.6 Å². The monoisotopic (exact) mass is 330 g/mol. The maximum Gasteiger partial charge on any atom is 0.262 e. The zero-order valence-corrected chi connectivity index (χ0v) is 13.8. The van der Waals surface area contributed by atoms with Crippen LogP contribution in [0.5, 0.6) is 5.75 Å². The molecule has 1 heterocycles. The molecule has 1 amide bonds. The number of para-hydroxylation sites is 2. The Labute approximate surface area is 146 Å². The Balaban J connectivity index is 1.89. The number of aromatic hydroxyl groups is 1. The Morgan fingerprint density at radius 1 is 0.920 bits per heavy atom. The molecule has 0 fully saturated rings. The number of carbonyl (C=O) groups excluding carboxylic acids is 1. The Morgan fingerprint density at radius 3 is 2.36 bits per heavy atom. The molecule has 1 atom stereocenters. The summed E-state index contributed by atoms with van der Waals surface area (Å²) < 4.78 is 0. The van der Waals surface area contributed by atoms with E-state index >= 15 is 0 Å². The Morgan fingerprint density at radius 2 is 1.60 bits per heavy atom. The molecule has 0 aliphatic carbocycles. The summed E-state index contributed by atoms with van der Waals surface area (Å²) in [6, 6.07) is 22.3. The molecule has 0 saturated heterocycles. The lowest BCUT2D eigenvalue weighted by Gasteiger charge is -2.38. The molecule has 2 N–H and O–H groups in total. The number of nitrogens with zero attached hydrogens (tertiary/aromatic N) is 1. The summed E-state index contributed by atoms with van der Waals surface area (Å²) in [7, 11) is 0. The summed E-state index contributed by atoms with van der Waals surface area (Å²) in [6.07, 6.45) is -0.480. The van der Waals surface area contributed by atoms with Crippen molar-refractivity contribution in [2.75, 3.05) is 10.2 Å². The fourth-order valence-corrected chi connectivity index (χ4v) is 3.16. The van der Waals surface area contributed by atoms with Gasteiger partial charge in [-0.05, 0) is 37.3 Å². The average Bonchev–Trinajstić information content (AvgIpc) is 2.63. The highest BCUT2D eigenvalue weighted by Gasteiger charge is 2.35. The summed E-state index contributed by atoms with van der Waals surface area (Å²) in [5.41, 5.74) is 3.95. The molecule has 0 unspecified atom stereocenters. The minimum Gasteiger partial charge on any atom is -0.508 e. The van der Waals surface area contributed by atoms with Gasteiger partial charge < -0.3 is 10.4 Å². The Kier molecular flexibility index (Phi) is 3.65. The Bertz CT molecular complexity index is 935. The molecular formula is C21H18N2O2. The van der Waals surface area contributed by atoms with Crippen LogP contribution in [0.3, 0.4) is 0 Å². The van der Waals surface area contributed by atoms with Gasteiger partial charge in [0.05, 0.1) is 5.56 Å². The van der Waals surface area contributed by atoms with Gasteiger partial charge in [0, 0.05) is 16.9 Å². The largest absolute Gasteiger partial charge is 0.508 e. The van der Waals surface area contributed by atoms with Crippen LogP contribution in [-0.2, 0) is 0 Å². The van der Waals surface area contributed by atoms with E-state index in [4.69, 9.17) is 0 Å². The van der Waals surface area contributed by atoms with Crippen molar-refractivity contribution in [2.24, 2.45) is 0 Å². The highest BCUT2D eigenvalue weighted by atomic mass is 16.3. The molecule has 0 radical (unpaired) electrons. The molecule has 3 aromatic rings. The van der Waals surface area contributed by atoms with Crippen LogP contribution in [0.1, 0.15) is 27.7 Å². The second-order valence-electron chi connectivity index (χ2n) is 6.16. The number of hydrogen-bond donors (Lipinski definition) is 2. The second-order valence-corrected chi connectivity index (χ2v) is 6.16. The van der Waals surface area contributed by atoms with Gasteiger partial charge in [0.2, 0.25) is 0 Å². The van der Waals surface area contributed by atoms with Crippen LogP contribution >= 0.6 is 0 Å². The van der Waals surface area contributed by atoms with E-state index in [9.17, 15) is 9.90 Å². The summed E-state index contributed by atoms with van der Waals surface area (Å²) in [4.78, 5) is 14.9. The average molecular weight is 330 g/mol. The highest BCUT2D eigenvalue weighted by molar-refractivity contribution is 6.12. The number of phenols is 1. The SMILES string of the molecule is Cc1ccc(N2C(=O)c3ccccc3N[C@H]2c2ccccc2O)cc1. The number of fused-ring (bicyclic) bond motifs is 1. The molecule has 4 nitrogen and oxygen atoms in total. The van der Waals surface area contributed by atoms with Gasteiger partial charge in [-0.25, -0.2) is 0 Å². The van der Waals surface area contributed by atoms with Crippen LogP contribution in [0.25, 0.3) is 0 Å². The van der Waals surface area contributed by atoms with Crippen molar-refractivity contribution in [3.63, 3.8) is 0 Å². The molecule has 0 bridgehead atoms. The second kappa shape index (κ2) is 5.98. The number of benzene rings is 3. The fraction of sp³-hybridized carbons (Fsp3) is 0.0952. The van der Waals surface area contributed by atoms with Crippen molar-refractivity contribution >= 4 is 17.3 Å². The summed E-state index contributed by atoms with van der Waals surface area (Å²) >= 11 is 0. The number of nitrogens with one attached hydrogen (secondary N) is 1. The number of carbonyl (C=O) groups is 1. The predicted octanol–water partition coefficient (Wildman–Crippen LogP) is 4.47. The summed E-state index contributed by atoms with van der Waals surface area (Å²) in [5, 5.41) is 13.7. The van der Waals surface area contributed by atoms with Crippen molar-refractivity contribution in [1.29, 1.82) is 0 Å². The first-order valence-corrected chi connectivity index (χ1v) is 8.19. The van der Waals surface area contributed by atoms with Gasteiger partial charge >= 0.3 is 0 Å². The zero-order valence-electron chi connectivity index (χ0n) is 13.8. The van der Waals surface area contributed by atoms with E-state index in [-0.39, 0.29) is 11.7 Å². The van der Waals surface area contributed by atoms with E-state index in [1.54, 1.807) is 17.0 Å². The van der Waals surface area contributed by atoms with Crippen molar-refractivity contribution in [1.82, 2.24) is 0 Å². The lowest BCUT2D eigenvalue weighted by molar-refractivity contribution is 0.0974. The minimum atomic E-state index is -0.480. The fourth-order valence-electron chi connectivity index (χ4n) is 3.16. The highest BCUT2D eigenvalue weighted by Crippen LogP contribution is 2.39. The van der Waals surface area contributed by atoms with Crippen molar-refractivity contribution in [3.05, 3.63) is 89.5 Å². The third-order valence-electron chi connectivity index (χ3n) is 4.47. The molecule has 0 spiro atoms. The van der Waals surface area contributed by atoms with Crippen LogP contribution in [0.15, 0.2) is 72.8 Å². The van der Waals surface area contributed by atoms with Crippen molar-refractivity contribution < 1.29 is 9.90 Å². The van der Waals surface area contributed by atoms with Gasteiger partial charge in [-0.15, -0.1) is 0 Å². The number of phenolic OH excluding ortho intramolecular Hbond substituents is 1. The lowest BCUT2D eigenvalue weighted by Crippen LogP contribution is -2.43. The molecule has 0 saturated carbocycles. The van der Waals surface area contributed by atoms with E-state index in [1.807, 2.05) is 67.6 Å². The summed E-state index contributed by atoms with van der Waals surface area (Å²) in [6.45, 7) is 2.01. The van der Waals surface area contributed by atoms with E-state index in [1.165, 1.54) is 0 Å². The minimum absolute atomic E-state index is 0.0912. The van der Waals surface area contributed by atoms with E-state index in [2.05, 4.69) is 5.32 Å². The Hall–Kier alpha value is -3.27. The predicted molar refractivity (Wildman–Crippen MR) is 98.9 cm³/mol. The van der Waals surface area contributed by atoms with Crippen LogP contribution < -0.4 is 10.2 Å². The molecular weight excluding hydrogens is 312 g/mol.